The van der Waals surface area contributed by atoms with Crippen molar-refractivity contribution >= 4 is 11.9 Å². The highest BCUT2D eigenvalue weighted by atomic mass is 16.6. The van der Waals surface area contributed by atoms with Crippen molar-refractivity contribution in [1.29, 1.82) is 0 Å². The molecule has 18 heavy (non-hydrogen) atoms. The normalized spacial score (nSPS) is 18.4. The van der Waals surface area contributed by atoms with E-state index in [-0.39, 0.29) is 12.4 Å². The summed E-state index contributed by atoms with van der Waals surface area (Å²) < 4.78 is 10.1. The number of hydrogen-bond donors (Lipinski definition) is 1. The third-order valence-electron chi connectivity index (χ3n) is 3.01. The predicted octanol–water partition coefficient (Wildman–Crippen LogP) is 2.04. The summed E-state index contributed by atoms with van der Waals surface area (Å²) >= 11 is 0. The number of ketones is 1. The molecule has 0 aromatic carbocycles. The molecule has 1 N–H and O–H groups in total. The number of rotatable bonds is 4. The molecule has 0 aromatic rings. The molecule has 104 valence electrons. The lowest BCUT2D eigenvalue weighted by atomic mass is 9.92. The molecule has 1 fully saturated rings. The van der Waals surface area contributed by atoms with E-state index in [4.69, 9.17) is 9.47 Å². The number of nitrogens with one attached hydrogen (secondary N) is 1. The first-order valence-electron chi connectivity index (χ1n) is 6.32. The number of ether oxygens (including phenoxy) is 2. The molecule has 5 nitrogen and oxygen atoms in total. The summed E-state index contributed by atoms with van der Waals surface area (Å²) in [7, 11) is 1.48. The minimum atomic E-state index is -0.793. The summed E-state index contributed by atoms with van der Waals surface area (Å²) in [4.78, 5) is 23.9. The van der Waals surface area contributed by atoms with Gasteiger partial charge in [0.2, 0.25) is 0 Å². The van der Waals surface area contributed by atoms with Crippen molar-refractivity contribution in [3.05, 3.63) is 0 Å². The van der Waals surface area contributed by atoms with Gasteiger partial charge in [-0.15, -0.1) is 0 Å². The van der Waals surface area contributed by atoms with Gasteiger partial charge < -0.3 is 14.8 Å². The van der Waals surface area contributed by atoms with Crippen LogP contribution in [-0.2, 0) is 14.3 Å². The van der Waals surface area contributed by atoms with Crippen molar-refractivity contribution < 1.29 is 19.1 Å². The molecule has 0 spiro atoms. The van der Waals surface area contributed by atoms with Crippen LogP contribution in [0.1, 0.15) is 46.5 Å². The zero-order chi connectivity index (χ0) is 13.8. The van der Waals surface area contributed by atoms with Crippen LogP contribution in [0.4, 0.5) is 4.79 Å². The maximum absolute atomic E-state index is 12.1. The number of amides is 1. The fourth-order valence-corrected chi connectivity index (χ4v) is 2.22. The zero-order valence-corrected chi connectivity index (χ0v) is 11.7. The summed E-state index contributed by atoms with van der Waals surface area (Å²) in [6.07, 6.45) is 2.66. The largest absolute Gasteiger partial charge is 0.444 e. The molecule has 1 saturated carbocycles. The van der Waals surface area contributed by atoms with E-state index in [0.29, 0.717) is 12.8 Å². The molecule has 1 amide bonds. The van der Waals surface area contributed by atoms with Gasteiger partial charge in [0.15, 0.2) is 5.78 Å². The van der Waals surface area contributed by atoms with Crippen LogP contribution in [-0.4, -0.2) is 36.7 Å². The van der Waals surface area contributed by atoms with Crippen LogP contribution in [0.25, 0.3) is 0 Å². The summed E-state index contributed by atoms with van der Waals surface area (Å²) in [5, 5.41) is 2.74. The number of carbonyl (C=O) groups excluding carboxylic acids is 2. The highest BCUT2D eigenvalue weighted by Crippen LogP contribution is 2.31. The van der Waals surface area contributed by atoms with Gasteiger partial charge in [0, 0.05) is 7.11 Å². The van der Waals surface area contributed by atoms with E-state index in [1.165, 1.54) is 7.11 Å². The molecular weight excluding hydrogens is 234 g/mol. The lowest BCUT2D eigenvalue weighted by Crippen LogP contribution is -2.54. The van der Waals surface area contributed by atoms with Crippen molar-refractivity contribution in [1.82, 2.24) is 5.32 Å². The molecule has 0 unspecified atom stereocenters. The van der Waals surface area contributed by atoms with Crippen molar-refractivity contribution in [2.75, 3.05) is 13.7 Å². The molecule has 5 heteroatoms. The quantitative estimate of drug-likeness (QED) is 0.837. The number of hydrogen-bond acceptors (Lipinski definition) is 4. The van der Waals surface area contributed by atoms with Crippen LogP contribution < -0.4 is 5.32 Å². The fraction of sp³-hybridized carbons (Fsp3) is 0.846. The topological polar surface area (TPSA) is 64.6 Å². The molecule has 1 aliphatic carbocycles. The van der Waals surface area contributed by atoms with Crippen LogP contribution >= 0.6 is 0 Å². The Labute approximate surface area is 108 Å². The third kappa shape index (κ3) is 3.98. The highest BCUT2D eigenvalue weighted by Gasteiger charge is 2.42. The van der Waals surface area contributed by atoms with Gasteiger partial charge in [0.05, 0.1) is 0 Å². The smallest absolute Gasteiger partial charge is 0.408 e. The Hall–Kier alpha value is -1.10. The molecule has 0 atom stereocenters. The predicted molar refractivity (Wildman–Crippen MR) is 67.5 cm³/mol. The third-order valence-corrected chi connectivity index (χ3v) is 3.01. The van der Waals surface area contributed by atoms with Gasteiger partial charge in [-0.1, -0.05) is 12.8 Å². The zero-order valence-electron chi connectivity index (χ0n) is 11.7. The van der Waals surface area contributed by atoms with Crippen LogP contribution in [0.3, 0.4) is 0 Å². The minimum absolute atomic E-state index is 0.0236. The van der Waals surface area contributed by atoms with E-state index in [1.807, 2.05) is 0 Å². The molecule has 0 saturated heterocycles. The average Bonchev–Trinajstić information content (AvgIpc) is 2.64. The van der Waals surface area contributed by atoms with Crippen molar-refractivity contribution in [2.24, 2.45) is 0 Å². The van der Waals surface area contributed by atoms with E-state index in [2.05, 4.69) is 5.32 Å². The first-order chi connectivity index (χ1) is 8.29. The van der Waals surface area contributed by atoms with Gasteiger partial charge in [0.1, 0.15) is 17.7 Å². The number of carbonyl (C=O) groups is 2. The Balaban J connectivity index is 2.69. The molecule has 1 aliphatic rings. The fourth-order valence-electron chi connectivity index (χ4n) is 2.22. The number of Topliss-reactive ketones (excluding diaryl/α,β-unsaturated/α-hetero) is 1. The molecular formula is C13H23NO4. The van der Waals surface area contributed by atoms with Gasteiger partial charge in [-0.05, 0) is 33.6 Å². The van der Waals surface area contributed by atoms with E-state index in [1.54, 1.807) is 20.8 Å². The average molecular weight is 257 g/mol. The SMILES string of the molecule is COCC(=O)C1(NC(=O)OC(C)(C)C)CCCC1. The molecule has 1 rings (SSSR count). The molecule has 0 heterocycles. The Morgan fingerprint density at radius 3 is 2.22 bits per heavy atom. The second kappa shape index (κ2) is 5.69. The van der Waals surface area contributed by atoms with Crippen molar-refractivity contribution in [3.63, 3.8) is 0 Å². The molecule has 0 aromatic heterocycles. The monoisotopic (exact) mass is 257 g/mol. The van der Waals surface area contributed by atoms with E-state index < -0.39 is 17.2 Å². The Bertz CT molecular complexity index is 313. The Morgan fingerprint density at radius 2 is 1.78 bits per heavy atom. The van der Waals surface area contributed by atoms with Crippen molar-refractivity contribution in [2.45, 2.75) is 57.6 Å². The summed E-state index contributed by atoms with van der Waals surface area (Å²) in [6.45, 7) is 5.41. The minimum Gasteiger partial charge on any atom is -0.444 e. The lowest BCUT2D eigenvalue weighted by Gasteiger charge is -2.30. The maximum atomic E-state index is 12.1. The first-order valence-corrected chi connectivity index (χ1v) is 6.32. The van der Waals surface area contributed by atoms with Gasteiger partial charge >= 0.3 is 6.09 Å². The maximum Gasteiger partial charge on any atom is 0.408 e. The van der Waals surface area contributed by atoms with E-state index >= 15 is 0 Å². The van der Waals surface area contributed by atoms with Crippen LogP contribution in [0.15, 0.2) is 0 Å². The summed E-state index contributed by atoms with van der Waals surface area (Å²) in [5.74, 6) is -0.0756. The second-order valence-corrected chi connectivity index (χ2v) is 5.77. The first kappa shape index (κ1) is 15.0. The lowest BCUT2D eigenvalue weighted by molar-refractivity contribution is -0.129. The van der Waals surface area contributed by atoms with Crippen LogP contribution in [0.2, 0.25) is 0 Å². The highest BCUT2D eigenvalue weighted by molar-refractivity contribution is 5.92. The molecule has 0 bridgehead atoms. The van der Waals surface area contributed by atoms with Gasteiger partial charge in [-0.3, -0.25) is 4.79 Å². The van der Waals surface area contributed by atoms with Gasteiger partial charge in [-0.25, -0.2) is 4.79 Å². The number of alkyl carbamates (subject to hydrolysis) is 1. The number of methoxy groups -OCH3 is 1. The molecule has 0 aliphatic heterocycles. The van der Waals surface area contributed by atoms with E-state index in [9.17, 15) is 9.59 Å². The second-order valence-electron chi connectivity index (χ2n) is 5.77. The van der Waals surface area contributed by atoms with Crippen molar-refractivity contribution in [3.8, 4) is 0 Å². The van der Waals surface area contributed by atoms with Gasteiger partial charge in [-0.2, -0.15) is 0 Å². The Kier molecular flexibility index (Phi) is 4.73. The molecule has 0 radical (unpaired) electrons. The Morgan fingerprint density at radius 1 is 1.22 bits per heavy atom. The van der Waals surface area contributed by atoms with Crippen LogP contribution in [0, 0.1) is 0 Å². The summed E-state index contributed by atoms with van der Waals surface area (Å²) in [6, 6.07) is 0. The van der Waals surface area contributed by atoms with E-state index in [0.717, 1.165) is 12.8 Å². The summed E-state index contributed by atoms with van der Waals surface area (Å²) in [5.41, 5.74) is -1.35. The van der Waals surface area contributed by atoms with Gasteiger partial charge in [0.25, 0.3) is 0 Å². The standard InChI is InChI=1S/C13H23NO4/c1-12(2,3)18-11(16)14-13(7-5-6-8-13)10(15)9-17-4/h5-9H2,1-4H3,(H,14,16). The van der Waals surface area contributed by atoms with Crippen LogP contribution in [0.5, 0.6) is 0 Å².